The molecule has 0 radical (unpaired) electrons. The lowest BCUT2D eigenvalue weighted by Gasteiger charge is -2.30. The normalized spacial score (nSPS) is 14.6. The molecule has 0 unspecified atom stereocenters. The lowest BCUT2D eigenvalue weighted by Crippen LogP contribution is -2.48. The van der Waals surface area contributed by atoms with Gasteiger partial charge in [0.25, 0.3) is 5.56 Å². The lowest BCUT2D eigenvalue weighted by molar-refractivity contribution is 0.0597. The van der Waals surface area contributed by atoms with Gasteiger partial charge in [-0.15, -0.1) is 0 Å². The van der Waals surface area contributed by atoms with Gasteiger partial charge in [0.2, 0.25) is 0 Å². The van der Waals surface area contributed by atoms with Gasteiger partial charge in [-0.2, -0.15) is 8.42 Å². The van der Waals surface area contributed by atoms with Crippen LogP contribution in [0.3, 0.4) is 0 Å². The quantitative estimate of drug-likeness (QED) is 0.526. The zero-order chi connectivity index (χ0) is 20.3. The third-order valence-corrected chi connectivity index (χ3v) is 5.45. The van der Waals surface area contributed by atoms with Gasteiger partial charge in [-0.25, -0.2) is 9.47 Å². The van der Waals surface area contributed by atoms with E-state index in [0.717, 1.165) is 18.7 Å². The summed E-state index contributed by atoms with van der Waals surface area (Å²) in [6, 6.07) is 6.98. The topological polar surface area (TPSA) is 104 Å². The predicted octanol–water partition coefficient (Wildman–Crippen LogP) is 0.679. The van der Waals surface area contributed by atoms with E-state index in [-0.39, 0.29) is 16.2 Å². The molecule has 1 aromatic heterocycles. The van der Waals surface area contributed by atoms with Crippen LogP contribution in [0.1, 0.15) is 15.9 Å². The van der Waals surface area contributed by atoms with Crippen LogP contribution in [0.2, 0.25) is 0 Å². The second-order valence-electron chi connectivity index (χ2n) is 6.14. The Morgan fingerprint density at radius 3 is 2.39 bits per heavy atom. The summed E-state index contributed by atoms with van der Waals surface area (Å²) >= 11 is 0. The van der Waals surface area contributed by atoms with Crippen molar-refractivity contribution >= 4 is 16.1 Å². The molecule has 3 rings (SSSR count). The molecule has 0 aliphatic carbocycles. The Morgan fingerprint density at radius 1 is 1.14 bits per heavy atom. The number of pyridine rings is 1. The Balaban J connectivity index is 2.02. The molecule has 28 heavy (non-hydrogen) atoms. The van der Waals surface area contributed by atoms with Crippen molar-refractivity contribution in [3.8, 4) is 5.75 Å². The fourth-order valence-corrected chi connectivity index (χ4v) is 3.64. The van der Waals surface area contributed by atoms with Crippen LogP contribution >= 0.6 is 0 Å². The summed E-state index contributed by atoms with van der Waals surface area (Å²) in [5.74, 6) is -1.21. The average Bonchev–Trinajstić information content (AvgIpc) is 2.68. The number of aromatic nitrogens is 1. The van der Waals surface area contributed by atoms with Gasteiger partial charge >= 0.3 is 16.1 Å². The van der Waals surface area contributed by atoms with Crippen molar-refractivity contribution in [1.82, 2.24) is 4.68 Å². The number of morpholine rings is 1. The predicted molar refractivity (Wildman–Crippen MR) is 99.8 cm³/mol. The summed E-state index contributed by atoms with van der Waals surface area (Å²) in [5.41, 5.74) is 0.162. The number of methoxy groups -OCH3 is 1. The van der Waals surface area contributed by atoms with E-state index in [1.165, 1.54) is 23.0 Å². The highest BCUT2D eigenvalue weighted by atomic mass is 32.2. The molecule has 1 fully saturated rings. The summed E-state index contributed by atoms with van der Waals surface area (Å²) < 4.78 is 41.5. The zero-order valence-corrected chi connectivity index (χ0v) is 16.3. The smallest absolute Gasteiger partial charge is 0.343 e. The number of rotatable bonds is 5. The first-order chi connectivity index (χ1) is 13.3. The number of hydrogen-bond acceptors (Lipinski definition) is 8. The lowest BCUT2D eigenvalue weighted by atomic mass is 10.2. The van der Waals surface area contributed by atoms with E-state index < -0.39 is 21.6 Å². The number of hydrogen-bond donors (Lipinski definition) is 0. The SMILES string of the molecule is COC(=O)c1cn(N2CCOCC2)c(=O)cc1OS(=O)(=O)c1ccc(C)cc1. The first-order valence-electron chi connectivity index (χ1n) is 8.51. The van der Waals surface area contributed by atoms with Crippen LogP contribution in [0, 0.1) is 6.92 Å². The maximum Gasteiger partial charge on any atom is 0.343 e. The largest absolute Gasteiger partial charge is 0.465 e. The van der Waals surface area contributed by atoms with Crippen molar-refractivity contribution in [3.05, 3.63) is 58.0 Å². The van der Waals surface area contributed by atoms with E-state index >= 15 is 0 Å². The summed E-state index contributed by atoms with van der Waals surface area (Å²) in [4.78, 5) is 24.6. The van der Waals surface area contributed by atoms with Crippen LogP contribution < -0.4 is 14.8 Å². The Kier molecular flexibility index (Phi) is 5.71. The molecule has 1 saturated heterocycles. The van der Waals surface area contributed by atoms with Crippen molar-refractivity contribution in [3.63, 3.8) is 0 Å². The van der Waals surface area contributed by atoms with Crippen molar-refractivity contribution in [2.75, 3.05) is 38.4 Å². The minimum atomic E-state index is -4.24. The van der Waals surface area contributed by atoms with Crippen molar-refractivity contribution in [1.29, 1.82) is 0 Å². The monoisotopic (exact) mass is 408 g/mol. The van der Waals surface area contributed by atoms with E-state index in [4.69, 9.17) is 13.7 Å². The van der Waals surface area contributed by atoms with Gasteiger partial charge in [-0.05, 0) is 19.1 Å². The highest BCUT2D eigenvalue weighted by Crippen LogP contribution is 2.23. The maximum atomic E-state index is 12.6. The third-order valence-electron chi connectivity index (χ3n) is 4.20. The summed E-state index contributed by atoms with van der Waals surface area (Å²) in [6.45, 7) is 3.57. The Hall–Kier alpha value is -2.85. The number of esters is 1. The van der Waals surface area contributed by atoms with E-state index in [9.17, 15) is 18.0 Å². The van der Waals surface area contributed by atoms with Crippen LogP contribution in [0.25, 0.3) is 0 Å². The molecule has 1 aliphatic rings. The first kappa shape index (κ1) is 19.9. The van der Waals surface area contributed by atoms with Gasteiger partial charge in [-0.1, -0.05) is 17.7 Å². The zero-order valence-electron chi connectivity index (χ0n) is 15.5. The molecular weight excluding hydrogens is 388 g/mol. The molecule has 0 N–H and O–H groups in total. The van der Waals surface area contributed by atoms with Gasteiger partial charge in [0, 0.05) is 6.20 Å². The minimum Gasteiger partial charge on any atom is -0.465 e. The molecule has 1 aliphatic heterocycles. The van der Waals surface area contributed by atoms with Crippen molar-refractivity contribution in [2.45, 2.75) is 11.8 Å². The van der Waals surface area contributed by atoms with Crippen molar-refractivity contribution < 1.29 is 26.9 Å². The van der Waals surface area contributed by atoms with Gasteiger partial charge in [-0.3, -0.25) is 4.79 Å². The van der Waals surface area contributed by atoms with Gasteiger partial charge in [0.15, 0.2) is 5.75 Å². The molecule has 0 atom stereocenters. The first-order valence-corrected chi connectivity index (χ1v) is 9.92. The Labute approximate surface area is 162 Å². The second kappa shape index (κ2) is 8.03. The third kappa shape index (κ3) is 4.18. The molecular formula is C18H20N2O7S. The number of benzene rings is 1. The average molecular weight is 408 g/mol. The van der Waals surface area contributed by atoms with Crippen LogP contribution in [0.15, 0.2) is 46.2 Å². The van der Waals surface area contributed by atoms with Crippen LogP contribution in [-0.2, 0) is 19.6 Å². The fraction of sp³-hybridized carbons (Fsp3) is 0.333. The molecule has 2 heterocycles. The minimum absolute atomic E-state index is 0.0914. The number of ether oxygens (including phenoxy) is 2. The highest BCUT2D eigenvalue weighted by molar-refractivity contribution is 7.87. The Morgan fingerprint density at radius 2 is 1.79 bits per heavy atom. The highest BCUT2D eigenvalue weighted by Gasteiger charge is 2.25. The van der Waals surface area contributed by atoms with Crippen LogP contribution in [0.4, 0.5) is 0 Å². The standard InChI is InChI=1S/C18H20N2O7S/c1-13-3-5-14(6-4-13)28(23,24)27-16-11-17(21)20(12-15(16)18(22)25-2)19-7-9-26-10-8-19/h3-6,11-12H,7-10H2,1-2H3. The molecule has 0 spiro atoms. The molecule has 0 saturated carbocycles. The van der Waals surface area contributed by atoms with E-state index in [1.807, 2.05) is 6.92 Å². The Bertz CT molecular complexity index is 1020. The van der Waals surface area contributed by atoms with E-state index in [0.29, 0.717) is 26.3 Å². The van der Waals surface area contributed by atoms with Crippen LogP contribution in [-0.4, -0.2) is 52.5 Å². The maximum absolute atomic E-state index is 12.6. The fourth-order valence-electron chi connectivity index (χ4n) is 2.70. The molecule has 1 aromatic carbocycles. The van der Waals surface area contributed by atoms with Gasteiger partial charge in [0.05, 0.1) is 39.5 Å². The summed E-state index contributed by atoms with van der Waals surface area (Å²) in [5, 5.41) is 1.69. The molecule has 0 amide bonds. The van der Waals surface area contributed by atoms with E-state index in [2.05, 4.69) is 0 Å². The van der Waals surface area contributed by atoms with Crippen LogP contribution in [0.5, 0.6) is 5.75 Å². The van der Waals surface area contributed by atoms with Gasteiger partial charge in [0.1, 0.15) is 10.5 Å². The summed E-state index contributed by atoms with van der Waals surface area (Å²) in [7, 11) is -3.08. The number of carbonyl (C=O) groups is 1. The molecule has 10 heteroatoms. The van der Waals surface area contributed by atoms with E-state index in [1.54, 1.807) is 17.1 Å². The van der Waals surface area contributed by atoms with Gasteiger partial charge < -0.3 is 18.7 Å². The summed E-state index contributed by atoms with van der Waals surface area (Å²) in [6.07, 6.45) is 1.22. The van der Waals surface area contributed by atoms with Crippen molar-refractivity contribution in [2.24, 2.45) is 0 Å². The molecule has 0 bridgehead atoms. The molecule has 2 aromatic rings. The molecule has 150 valence electrons. The number of nitrogens with zero attached hydrogens (tertiary/aromatic N) is 2. The number of carbonyl (C=O) groups excluding carboxylic acids is 1. The molecule has 9 nitrogen and oxygen atoms in total. The second-order valence-corrected chi connectivity index (χ2v) is 7.69. The number of aryl methyl sites for hydroxylation is 1.